The van der Waals surface area contributed by atoms with Crippen LogP contribution in [-0.2, 0) is 5.60 Å². The maximum absolute atomic E-state index is 13.2. The van der Waals surface area contributed by atoms with Gasteiger partial charge < -0.3 is 5.11 Å². The molecule has 1 aromatic carbocycles. The van der Waals surface area contributed by atoms with Crippen LogP contribution in [0.4, 0.5) is 17.6 Å². The Balaban J connectivity index is 2.43. The third-order valence-corrected chi connectivity index (χ3v) is 2.92. The first kappa shape index (κ1) is 15.2. The third kappa shape index (κ3) is 3.28. The Hall–Kier alpha value is -2.21. The molecule has 0 amide bonds. The highest BCUT2D eigenvalue weighted by molar-refractivity contribution is 5.52. The average molecular weight is 297 g/mol. The van der Waals surface area contributed by atoms with E-state index in [-0.39, 0.29) is 11.1 Å². The summed E-state index contributed by atoms with van der Waals surface area (Å²) in [5.74, 6) is -0.573. The van der Waals surface area contributed by atoms with Crippen molar-refractivity contribution in [3.63, 3.8) is 0 Å². The van der Waals surface area contributed by atoms with Gasteiger partial charge in [0.25, 0.3) is 0 Å². The van der Waals surface area contributed by atoms with Crippen LogP contribution in [0.5, 0.6) is 0 Å². The maximum atomic E-state index is 13.2. The van der Waals surface area contributed by atoms with Gasteiger partial charge in [-0.1, -0.05) is 18.2 Å². The van der Waals surface area contributed by atoms with Gasteiger partial charge in [-0.05, 0) is 41.5 Å². The summed E-state index contributed by atoms with van der Waals surface area (Å²) in [4.78, 5) is 3.62. The van der Waals surface area contributed by atoms with Gasteiger partial charge in [0.15, 0.2) is 0 Å². The minimum atomic E-state index is -4.92. The summed E-state index contributed by atoms with van der Waals surface area (Å²) in [5, 5.41) is 10.0. The largest absolute Gasteiger partial charge is 0.425 e. The van der Waals surface area contributed by atoms with Crippen LogP contribution < -0.4 is 0 Å². The molecule has 0 aliphatic carbocycles. The molecule has 2 nitrogen and oxygen atoms in total. The van der Waals surface area contributed by atoms with Crippen LogP contribution in [0, 0.1) is 5.82 Å². The highest BCUT2D eigenvalue weighted by Gasteiger charge is 2.53. The summed E-state index contributed by atoms with van der Waals surface area (Å²) in [7, 11) is 0. The Labute approximate surface area is 118 Å². The fourth-order valence-electron chi connectivity index (χ4n) is 1.79. The van der Waals surface area contributed by atoms with Crippen LogP contribution in [0.15, 0.2) is 54.9 Å². The smallest absolute Gasteiger partial charge is 0.373 e. The molecule has 0 spiro atoms. The van der Waals surface area contributed by atoms with Crippen molar-refractivity contribution in [2.24, 2.45) is 0 Å². The highest BCUT2D eigenvalue weighted by atomic mass is 19.4. The Kier molecular flexibility index (Phi) is 4.09. The number of alkyl halides is 3. The molecular weight excluding hydrogens is 286 g/mol. The van der Waals surface area contributed by atoms with E-state index in [1.54, 1.807) is 0 Å². The van der Waals surface area contributed by atoms with Crippen LogP contribution >= 0.6 is 0 Å². The molecule has 0 saturated heterocycles. The van der Waals surface area contributed by atoms with Crippen LogP contribution in [0.3, 0.4) is 0 Å². The van der Waals surface area contributed by atoms with Crippen molar-refractivity contribution in [1.82, 2.24) is 4.98 Å². The zero-order valence-electron chi connectivity index (χ0n) is 10.7. The Bertz CT molecular complexity index is 640. The summed E-state index contributed by atoms with van der Waals surface area (Å²) in [5.41, 5.74) is -3.31. The molecule has 1 N–H and O–H groups in total. The Morgan fingerprint density at radius 1 is 1.05 bits per heavy atom. The average Bonchev–Trinajstić information content (AvgIpc) is 2.44. The number of rotatable bonds is 3. The van der Waals surface area contributed by atoms with E-state index in [1.807, 2.05) is 0 Å². The lowest BCUT2D eigenvalue weighted by Gasteiger charge is -2.27. The number of aromatic nitrogens is 1. The summed E-state index contributed by atoms with van der Waals surface area (Å²) in [6, 6.07) is 7.19. The van der Waals surface area contributed by atoms with Gasteiger partial charge in [0, 0.05) is 12.4 Å². The number of halogens is 4. The van der Waals surface area contributed by atoms with Gasteiger partial charge in [-0.25, -0.2) is 4.39 Å². The second-order valence-electron chi connectivity index (χ2n) is 4.39. The maximum Gasteiger partial charge on any atom is 0.425 e. The second kappa shape index (κ2) is 5.65. The molecule has 0 radical (unpaired) electrons. The van der Waals surface area contributed by atoms with Crippen LogP contribution in [0.1, 0.15) is 11.1 Å². The molecule has 2 rings (SSSR count). The molecule has 0 saturated carbocycles. The highest BCUT2D eigenvalue weighted by Crippen LogP contribution is 2.40. The lowest BCUT2D eigenvalue weighted by Crippen LogP contribution is -2.40. The van der Waals surface area contributed by atoms with Crippen molar-refractivity contribution in [1.29, 1.82) is 0 Å². The Morgan fingerprint density at radius 2 is 1.71 bits per heavy atom. The molecule has 1 atom stereocenters. The lowest BCUT2D eigenvalue weighted by molar-refractivity contribution is -0.244. The summed E-state index contributed by atoms with van der Waals surface area (Å²) >= 11 is 0. The molecule has 0 aliphatic heterocycles. The summed E-state index contributed by atoms with van der Waals surface area (Å²) in [6.07, 6.45) is -0.990. The molecule has 1 unspecified atom stereocenters. The standard InChI is InChI=1S/C15H11F4NO/c16-13-3-1-2-11(10-13)4-7-14(21,15(17,18)19)12-5-8-20-9-6-12/h1-10,21H. The number of hydrogen-bond donors (Lipinski definition) is 1. The number of aliphatic hydroxyl groups is 1. The normalized spacial score (nSPS) is 15.1. The van der Waals surface area contributed by atoms with Gasteiger partial charge in [0.1, 0.15) is 5.82 Å². The van der Waals surface area contributed by atoms with E-state index in [0.717, 1.165) is 36.7 Å². The molecule has 0 fully saturated rings. The van der Waals surface area contributed by atoms with Gasteiger partial charge in [0.05, 0.1) is 0 Å². The number of hydrogen-bond acceptors (Lipinski definition) is 2. The summed E-state index contributed by atoms with van der Waals surface area (Å²) in [6.45, 7) is 0. The van der Waals surface area contributed by atoms with Gasteiger partial charge in [-0.15, -0.1) is 0 Å². The zero-order valence-corrected chi connectivity index (χ0v) is 10.7. The van der Waals surface area contributed by atoms with Crippen molar-refractivity contribution in [3.8, 4) is 0 Å². The van der Waals surface area contributed by atoms with Crippen molar-refractivity contribution in [3.05, 3.63) is 71.8 Å². The van der Waals surface area contributed by atoms with E-state index < -0.39 is 17.6 Å². The van der Waals surface area contributed by atoms with Gasteiger partial charge in [0.2, 0.25) is 5.60 Å². The lowest BCUT2D eigenvalue weighted by atomic mass is 9.93. The van der Waals surface area contributed by atoms with Gasteiger partial charge >= 0.3 is 6.18 Å². The first-order valence-corrected chi connectivity index (χ1v) is 5.97. The first-order valence-electron chi connectivity index (χ1n) is 5.97. The van der Waals surface area contributed by atoms with Crippen molar-refractivity contribution in [2.45, 2.75) is 11.8 Å². The van der Waals surface area contributed by atoms with E-state index >= 15 is 0 Å². The predicted octanol–water partition coefficient (Wildman–Crippen LogP) is 3.68. The topological polar surface area (TPSA) is 33.1 Å². The summed E-state index contributed by atoms with van der Waals surface area (Å²) < 4.78 is 52.5. The van der Waals surface area contributed by atoms with Crippen molar-refractivity contribution < 1.29 is 22.7 Å². The second-order valence-corrected chi connectivity index (χ2v) is 4.39. The molecule has 6 heteroatoms. The first-order chi connectivity index (χ1) is 9.83. The molecule has 2 aromatic rings. The Morgan fingerprint density at radius 3 is 2.29 bits per heavy atom. The van der Waals surface area contributed by atoms with E-state index in [2.05, 4.69) is 4.98 Å². The SMILES string of the molecule is OC(C=Cc1cccc(F)c1)(c1ccncc1)C(F)(F)F. The van der Waals surface area contributed by atoms with Crippen molar-refractivity contribution in [2.75, 3.05) is 0 Å². The molecule has 21 heavy (non-hydrogen) atoms. The number of pyridine rings is 1. The van der Waals surface area contributed by atoms with E-state index in [0.29, 0.717) is 6.08 Å². The number of nitrogens with zero attached hydrogens (tertiary/aromatic N) is 1. The molecule has 110 valence electrons. The molecule has 0 aliphatic rings. The van der Waals surface area contributed by atoms with Crippen LogP contribution in [0.2, 0.25) is 0 Å². The minimum Gasteiger partial charge on any atom is -0.373 e. The van der Waals surface area contributed by atoms with E-state index in [4.69, 9.17) is 0 Å². The third-order valence-electron chi connectivity index (χ3n) is 2.92. The van der Waals surface area contributed by atoms with Crippen LogP contribution in [0.25, 0.3) is 6.08 Å². The fourth-order valence-corrected chi connectivity index (χ4v) is 1.79. The molecular formula is C15H11F4NO. The molecule has 1 heterocycles. The molecule has 1 aromatic heterocycles. The van der Waals surface area contributed by atoms with E-state index in [1.165, 1.54) is 18.2 Å². The van der Waals surface area contributed by atoms with Gasteiger partial charge in [-0.2, -0.15) is 13.2 Å². The predicted molar refractivity (Wildman–Crippen MR) is 69.6 cm³/mol. The van der Waals surface area contributed by atoms with Gasteiger partial charge in [-0.3, -0.25) is 4.98 Å². The molecule has 0 bridgehead atoms. The monoisotopic (exact) mass is 297 g/mol. The number of benzene rings is 1. The minimum absolute atomic E-state index is 0.215. The quantitative estimate of drug-likeness (QED) is 0.877. The fraction of sp³-hybridized carbons (Fsp3) is 0.133. The zero-order chi connectivity index (χ0) is 15.5. The van der Waals surface area contributed by atoms with Crippen LogP contribution in [-0.4, -0.2) is 16.3 Å². The van der Waals surface area contributed by atoms with E-state index in [9.17, 15) is 22.7 Å². The van der Waals surface area contributed by atoms with Crippen molar-refractivity contribution >= 4 is 6.08 Å².